The first-order valence-electron chi connectivity index (χ1n) is 13.8. The molecule has 0 radical (unpaired) electrons. The highest BCUT2D eigenvalue weighted by Crippen LogP contribution is 2.48. The van der Waals surface area contributed by atoms with Crippen LogP contribution in [0.2, 0.25) is 10.0 Å². The Morgan fingerprint density at radius 3 is 2.54 bits per heavy atom. The Bertz CT molecular complexity index is 1910. The molecule has 3 heterocycles. The van der Waals surface area contributed by atoms with Crippen molar-refractivity contribution in [2.24, 2.45) is 5.73 Å². The summed E-state index contributed by atoms with van der Waals surface area (Å²) in [6.45, 7) is -0.429. The SMILES string of the molecule is COc1cc(C(=O)NCC(O)(c2cc3c(c(-c4cc(F)c(Cl)c(Cl)c4)n2)OC[C@]3(C)C(N)=O)C(F)(F)F)cc2cn(C3CC3)nc12. The van der Waals surface area contributed by atoms with Gasteiger partial charge in [0.1, 0.15) is 40.5 Å². The molecule has 2 atom stereocenters. The Morgan fingerprint density at radius 1 is 1.22 bits per heavy atom. The number of nitrogens with one attached hydrogen (secondary N) is 1. The second kappa shape index (κ2) is 11.0. The molecule has 16 heteroatoms. The fraction of sp³-hybridized carbons (Fsp3) is 0.333. The number of ether oxygens (including phenoxy) is 2. The number of amides is 2. The molecule has 1 aliphatic heterocycles. The zero-order chi connectivity index (χ0) is 33.3. The monoisotopic (exact) mass is 681 g/mol. The summed E-state index contributed by atoms with van der Waals surface area (Å²) in [6.07, 6.45) is -1.80. The number of benzene rings is 2. The van der Waals surface area contributed by atoms with Gasteiger partial charge in [0.25, 0.3) is 5.91 Å². The number of aliphatic hydroxyl groups is 1. The summed E-state index contributed by atoms with van der Waals surface area (Å²) in [5.41, 5.74) is -1.11. The molecule has 1 unspecified atom stereocenters. The first-order chi connectivity index (χ1) is 21.6. The molecule has 0 saturated heterocycles. The van der Waals surface area contributed by atoms with Crippen molar-refractivity contribution in [2.75, 3.05) is 20.3 Å². The van der Waals surface area contributed by atoms with Gasteiger partial charge in [-0.3, -0.25) is 14.3 Å². The van der Waals surface area contributed by atoms with Crippen molar-refractivity contribution >= 4 is 45.9 Å². The number of nitrogens with two attached hydrogens (primary N) is 1. The summed E-state index contributed by atoms with van der Waals surface area (Å²) in [7, 11) is 1.37. The highest BCUT2D eigenvalue weighted by atomic mass is 35.5. The van der Waals surface area contributed by atoms with Gasteiger partial charge in [0.05, 0.1) is 35.4 Å². The summed E-state index contributed by atoms with van der Waals surface area (Å²) < 4.78 is 71.7. The largest absolute Gasteiger partial charge is 0.494 e. The number of carbonyl (C=O) groups is 2. The third-order valence-corrected chi connectivity index (χ3v) is 9.04. The minimum Gasteiger partial charge on any atom is -0.494 e. The lowest BCUT2D eigenvalue weighted by Gasteiger charge is -2.31. The predicted octanol–water partition coefficient (Wildman–Crippen LogP) is 5.20. The van der Waals surface area contributed by atoms with Gasteiger partial charge in [0, 0.05) is 28.3 Å². The zero-order valence-electron chi connectivity index (χ0n) is 24.1. The van der Waals surface area contributed by atoms with E-state index < -0.39 is 52.1 Å². The molecular formula is C30H25Cl2F4N5O5. The number of methoxy groups -OCH3 is 1. The van der Waals surface area contributed by atoms with E-state index in [4.69, 9.17) is 38.4 Å². The van der Waals surface area contributed by atoms with Gasteiger partial charge in [-0.2, -0.15) is 18.3 Å². The highest BCUT2D eigenvalue weighted by molar-refractivity contribution is 6.42. The van der Waals surface area contributed by atoms with E-state index in [0.29, 0.717) is 10.9 Å². The summed E-state index contributed by atoms with van der Waals surface area (Å²) in [5, 5.41) is 17.8. The standard InChI is InChI=1S/C30H25Cl2F4N5O5/c1-28(27(37)43)12-46-25-17(28)9-21(39-24(25)13-6-18(31)22(32)19(33)7-13)29(44,30(34,35)36)11-38-26(42)14-5-15-10-41(16-3-4-16)40-23(15)20(8-14)45-2/h5-10,16,44H,3-4,11-12H2,1-2H3,(H2,37,43)(H,38,42)/t28-,29?/m0/s1. The van der Waals surface area contributed by atoms with E-state index in [-0.39, 0.29) is 51.6 Å². The van der Waals surface area contributed by atoms with Crippen LogP contribution in [0.5, 0.6) is 11.5 Å². The number of primary amides is 1. The normalized spacial score (nSPS) is 19.0. The van der Waals surface area contributed by atoms with Crippen LogP contribution in [0.15, 0.2) is 36.5 Å². The number of hydrogen-bond donors (Lipinski definition) is 3. The molecule has 6 rings (SSSR count). The number of carbonyl (C=O) groups excluding carboxylic acids is 2. The van der Waals surface area contributed by atoms with E-state index in [1.807, 2.05) is 0 Å². The molecule has 1 aliphatic carbocycles. The van der Waals surface area contributed by atoms with Crippen molar-refractivity contribution in [1.29, 1.82) is 0 Å². The van der Waals surface area contributed by atoms with Gasteiger partial charge < -0.3 is 25.6 Å². The van der Waals surface area contributed by atoms with E-state index in [9.17, 15) is 32.3 Å². The van der Waals surface area contributed by atoms with Crippen LogP contribution >= 0.6 is 23.2 Å². The molecule has 1 fully saturated rings. The smallest absolute Gasteiger partial charge is 0.424 e. The van der Waals surface area contributed by atoms with Gasteiger partial charge >= 0.3 is 6.18 Å². The summed E-state index contributed by atoms with van der Waals surface area (Å²) in [5.74, 6) is -2.83. The molecule has 0 spiro atoms. The summed E-state index contributed by atoms with van der Waals surface area (Å²) in [6, 6.07) is 5.86. The molecule has 242 valence electrons. The van der Waals surface area contributed by atoms with Crippen molar-refractivity contribution < 1.29 is 41.7 Å². The summed E-state index contributed by atoms with van der Waals surface area (Å²) in [4.78, 5) is 29.8. The molecule has 4 N–H and O–H groups in total. The molecule has 46 heavy (non-hydrogen) atoms. The van der Waals surface area contributed by atoms with Crippen LogP contribution in [-0.4, -0.2) is 58.1 Å². The number of halogens is 6. The minimum absolute atomic E-state index is 0.0483. The van der Waals surface area contributed by atoms with E-state index in [0.717, 1.165) is 31.0 Å². The van der Waals surface area contributed by atoms with E-state index in [1.165, 1.54) is 26.2 Å². The first kappa shape index (κ1) is 31.8. The number of pyridine rings is 1. The third-order valence-electron chi connectivity index (χ3n) is 8.27. The minimum atomic E-state index is -5.42. The Hall–Kier alpha value is -4.14. The average Bonchev–Trinajstić information content (AvgIpc) is 3.67. The van der Waals surface area contributed by atoms with Crippen molar-refractivity contribution in [3.05, 3.63) is 69.2 Å². The van der Waals surface area contributed by atoms with Gasteiger partial charge in [-0.25, -0.2) is 9.37 Å². The van der Waals surface area contributed by atoms with Crippen molar-refractivity contribution in [3.63, 3.8) is 0 Å². The highest BCUT2D eigenvalue weighted by Gasteiger charge is 2.57. The van der Waals surface area contributed by atoms with E-state index in [1.54, 1.807) is 10.9 Å². The Labute approximate surface area is 268 Å². The van der Waals surface area contributed by atoms with Crippen LogP contribution in [0.25, 0.3) is 22.2 Å². The molecule has 2 aromatic heterocycles. The second-order valence-electron chi connectivity index (χ2n) is 11.5. The van der Waals surface area contributed by atoms with E-state index in [2.05, 4.69) is 15.4 Å². The molecule has 10 nitrogen and oxygen atoms in total. The lowest BCUT2D eigenvalue weighted by molar-refractivity contribution is -0.265. The number of alkyl halides is 3. The first-order valence-corrected chi connectivity index (χ1v) is 14.6. The number of nitrogens with zero attached hydrogens (tertiary/aromatic N) is 3. The fourth-order valence-electron chi connectivity index (χ4n) is 5.27. The number of aromatic nitrogens is 3. The third kappa shape index (κ3) is 5.17. The molecule has 0 bridgehead atoms. The van der Waals surface area contributed by atoms with Crippen molar-refractivity contribution in [3.8, 4) is 22.8 Å². The Kier molecular flexibility index (Phi) is 7.60. The van der Waals surface area contributed by atoms with Crippen LogP contribution in [0.4, 0.5) is 17.6 Å². The molecule has 2 aromatic carbocycles. The van der Waals surface area contributed by atoms with Gasteiger partial charge in [-0.1, -0.05) is 23.2 Å². The van der Waals surface area contributed by atoms with Crippen molar-refractivity contribution in [2.45, 2.75) is 43.0 Å². The maximum absolute atomic E-state index is 14.8. The molecule has 2 amide bonds. The zero-order valence-corrected chi connectivity index (χ0v) is 25.6. The number of rotatable bonds is 8. The van der Waals surface area contributed by atoms with Crippen LogP contribution in [0, 0.1) is 5.82 Å². The number of fused-ring (bicyclic) bond motifs is 2. The lowest BCUT2D eigenvalue weighted by atomic mass is 9.81. The Morgan fingerprint density at radius 2 is 1.93 bits per heavy atom. The van der Waals surface area contributed by atoms with Gasteiger partial charge in [-0.15, -0.1) is 0 Å². The van der Waals surface area contributed by atoms with Gasteiger partial charge in [0.15, 0.2) is 0 Å². The van der Waals surface area contributed by atoms with Crippen LogP contribution in [-0.2, 0) is 15.8 Å². The van der Waals surface area contributed by atoms with E-state index >= 15 is 0 Å². The summed E-state index contributed by atoms with van der Waals surface area (Å²) >= 11 is 11.9. The molecule has 2 aliphatic rings. The Balaban J connectivity index is 1.42. The second-order valence-corrected chi connectivity index (χ2v) is 12.3. The maximum atomic E-state index is 14.8. The van der Waals surface area contributed by atoms with Crippen LogP contribution in [0.1, 0.15) is 47.4 Å². The topological polar surface area (TPSA) is 142 Å². The fourth-order valence-corrected chi connectivity index (χ4v) is 5.58. The molecule has 1 saturated carbocycles. The predicted molar refractivity (Wildman–Crippen MR) is 159 cm³/mol. The molecule has 4 aromatic rings. The molecular weight excluding hydrogens is 657 g/mol. The maximum Gasteiger partial charge on any atom is 0.424 e. The average molecular weight is 682 g/mol. The van der Waals surface area contributed by atoms with Gasteiger partial charge in [0.2, 0.25) is 11.5 Å². The van der Waals surface area contributed by atoms with Gasteiger partial charge in [-0.05, 0) is 50.1 Å². The number of hydrogen-bond acceptors (Lipinski definition) is 7. The van der Waals surface area contributed by atoms with Crippen LogP contribution < -0.4 is 20.5 Å². The lowest BCUT2D eigenvalue weighted by Crippen LogP contribution is -2.51. The van der Waals surface area contributed by atoms with Crippen molar-refractivity contribution in [1.82, 2.24) is 20.1 Å². The quantitative estimate of drug-likeness (QED) is 0.171. The van der Waals surface area contributed by atoms with Crippen LogP contribution in [0.3, 0.4) is 0 Å².